The van der Waals surface area contributed by atoms with Gasteiger partial charge in [0.2, 0.25) is 0 Å². The predicted molar refractivity (Wildman–Crippen MR) is 57.9 cm³/mol. The molecule has 0 aliphatic carbocycles. The van der Waals surface area contributed by atoms with Gasteiger partial charge in [0.25, 0.3) is 5.69 Å². The molecule has 80 valence electrons. The molecular weight excluding hydrogens is 241 g/mol. The average molecular weight is 248 g/mol. The van der Waals surface area contributed by atoms with E-state index in [0.717, 1.165) is 0 Å². The van der Waals surface area contributed by atoms with Crippen LogP contribution in [-0.4, -0.2) is 16.6 Å². The summed E-state index contributed by atoms with van der Waals surface area (Å²) in [4.78, 5) is 21.4. The number of halogens is 2. The minimum Gasteiger partial charge on any atom is -0.293 e. The molecule has 0 amide bonds. The van der Waals surface area contributed by atoms with Gasteiger partial charge in [-0.2, -0.15) is 0 Å². The molecule has 0 saturated heterocycles. The van der Waals surface area contributed by atoms with Gasteiger partial charge in [-0.3, -0.25) is 14.9 Å². The summed E-state index contributed by atoms with van der Waals surface area (Å²) in [5.41, 5.74) is 0.256. The van der Waals surface area contributed by atoms with Gasteiger partial charge in [-0.25, -0.2) is 0 Å². The van der Waals surface area contributed by atoms with Crippen LogP contribution in [0.2, 0.25) is 5.02 Å². The molecule has 0 bridgehead atoms. The van der Waals surface area contributed by atoms with E-state index in [2.05, 4.69) is 0 Å². The first kappa shape index (κ1) is 11.9. The minimum absolute atomic E-state index is 0.0417. The molecule has 0 fully saturated rings. The second kappa shape index (κ2) is 4.59. The molecular formula is C9H7Cl2NO3. The topological polar surface area (TPSA) is 60.2 Å². The number of nitrogens with zero attached hydrogens (tertiary/aromatic N) is 1. The standard InChI is InChI=1S/C9H7Cl2NO3/c1-5-2-6(8(13)4-10)9(12(14)15)7(11)3-5/h2-3H,4H2,1H3. The van der Waals surface area contributed by atoms with Crippen LogP contribution in [0.25, 0.3) is 0 Å². The van der Waals surface area contributed by atoms with Crippen molar-refractivity contribution in [2.75, 3.05) is 5.88 Å². The number of hydrogen-bond acceptors (Lipinski definition) is 3. The number of aryl methyl sites for hydroxylation is 1. The molecule has 0 heterocycles. The number of rotatable bonds is 3. The van der Waals surface area contributed by atoms with Gasteiger partial charge >= 0.3 is 0 Å². The number of nitro groups is 1. The molecule has 0 aliphatic rings. The third kappa shape index (κ3) is 2.46. The largest absolute Gasteiger partial charge is 0.298 e. The van der Waals surface area contributed by atoms with Crippen LogP contribution < -0.4 is 0 Å². The molecule has 1 rings (SSSR count). The van der Waals surface area contributed by atoms with Crippen LogP contribution in [0.4, 0.5) is 5.69 Å². The van der Waals surface area contributed by atoms with Gasteiger partial charge in [0.1, 0.15) is 5.02 Å². The van der Waals surface area contributed by atoms with Gasteiger partial charge in [0.05, 0.1) is 16.4 Å². The lowest BCUT2D eigenvalue weighted by molar-refractivity contribution is -0.385. The fourth-order valence-corrected chi connectivity index (χ4v) is 1.69. The Morgan fingerprint density at radius 3 is 2.60 bits per heavy atom. The van der Waals surface area contributed by atoms with E-state index in [1.54, 1.807) is 6.92 Å². The number of nitro benzene ring substituents is 1. The summed E-state index contributed by atoms with van der Waals surface area (Å²) in [7, 11) is 0. The molecule has 15 heavy (non-hydrogen) atoms. The van der Waals surface area contributed by atoms with Crippen molar-refractivity contribution in [3.05, 3.63) is 38.4 Å². The normalized spacial score (nSPS) is 10.1. The highest BCUT2D eigenvalue weighted by molar-refractivity contribution is 6.35. The summed E-state index contributed by atoms with van der Waals surface area (Å²) in [5.74, 6) is -0.811. The molecule has 0 aromatic heterocycles. The first-order valence-electron chi connectivity index (χ1n) is 4.01. The molecule has 0 N–H and O–H groups in total. The maximum atomic E-state index is 11.3. The van der Waals surface area contributed by atoms with E-state index < -0.39 is 10.7 Å². The second-order valence-electron chi connectivity index (χ2n) is 2.96. The molecule has 1 aromatic rings. The number of Topliss-reactive ketones (excluding diaryl/α,β-unsaturated/α-hetero) is 1. The summed E-state index contributed by atoms with van der Waals surface area (Å²) >= 11 is 11.0. The van der Waals surface area contributed by atoms with Crippen LogP contribution >= 0.6 is 23.2 Å². The van der Waals surface area contributed by atoms with Gasteiger partial charge in [-0.15, -0.1) is 11.6 Å². The Hall–Kier alpha value is -1.13. The second-order valence-corrected chi connectivity index (χ2v) is 3.63. The molecule has 0 saturated carbocycles. The van der Waals surface area contributed by atoms with Crippen LogP contribution in [0.3, 0.4) is 0 Å². The van der Waals surface area contributed by atoms with Gasteiger partial charge < -0.3 is 0 Å². The molecule has 1 aromatic carbocycles. The van der Waals surface area contributed by atoms with Gasteiger partial charge in [-0.1, -0.05) is 11.6 Å². The fraction of sp³-hybridized carbons (Fsp3) is 0.222. The van der Waals surface area contributed by atoms with Crippen LogP contribution in [0.1, 0.15) is 15.9 Å². The first-order valence-corrected chi connectivity index (χ1v) is 4.92. The molecule has 0 atom stereocenters. The summed E-state index contributed by atoms with van der Waals surface area (Å²) in [6, 6.07) is 2.85. The highest BCUT2D eigenvalue weighted by atomic mass is 35.5. The third-order valence-corrected chi connectivity index (χ3v) is 2.34. The van der Waals surface area contributed by atoms with E-state index in [1.165, 1.54) is 12.1 Å². The van der Waals surface area contributed by atoms with Crippen LogP contribution in [-0.2, 0) is 0 Å². The Kier molecular flexibility index (Phi) is 3.66. The lowest BCUT2D eigenvalue weighted by Crippen LogP contribution is -2.06. The number of alkyl halides is 1. The van der Waals surface area contributed by atoms with E-state index >= 15 is 0 Å². The first-order chi connectivity index (χ1) is 6.97. The van der Waals surface area contributed by atoms with Gasteiger partial charge in [0, 0.05) is 0 Å². The third-order valence-electron chi connectivity index (χ3n) is 1.81. The van der Waals surface area contributed by atoms with Crippen molar-refractivity contribution in [3.63, 3.8) is 0 Å². The average Bonchev–Trinajstić information content (AvgIpc) is 2.14. The van der Waals surface area contributed by atoms with Gasteiger partial charge in [0.15, 0.2) is 5.78 Å². The van der Waals surface area contributed by atoms with E-state index in [0.29, 0.717) is 5.56 Å². The van der Waals surface area contributed by atoms with E-state index in [1.807, 2.05) is 0 Å². The van der Waals surface area contributed by atoms with E-state index in [9.17, 15) is 14.9 Å². The quantitative estimate of drug-likeness (QED) is 0.357. The molecule has 0 aliphatic heterocycles. The minimum atomic E-state index is -0.679. The Bertz CT molecular complexity index is 432. The smallest absolute Gasteiger partial charge is 0.293 e. The Labute approximate surface area is 95.9 Å². The van der Waals surface area contributed by atoms with Crippen molar-refractivity contribution in [2.24, 2.45) is 0 Å². The number of ketones is 1. The van der Waals surface area contributed by atoms with Crippen molar-refractivity contribution in [1.29, 1.82) is 0 Å². The monoisotopic (exact) mass is 247 g/mol. The highest BCUT2D eigenvalue weighted by Crippen LogP contribution is 2.30. The summed E-state index contributed by atoms with van der Waals surface area (Å²) in [6.45, 7) is 1.70. The van der Waals surface area contributed by atoms with Crippen molar-refractivity contribution in [3.8, 4) is 0 Å². The Morgan fingerprint density at radius 2 is 2.13 bits per heavy atom. The lowest BCUT2D eigenvalue weighted by Gasteiger charge is -2.03. The zero-order valence-electron chi connectivity index (χ0n) is 7.79. The van der Waals surface area contributed by atoms with Crippen molar-refractivity contribution in [1.82, 2.24) is 0 Å². The number of carbonyl (C=O) groups is 1. The Morgan fingerprint density at radius 1 is 1.53 bits per heavy atom. The van der Waals surface area contributed by atoms with Crippen molar-refractivity contribution >= 4 is 34.7 Å². The molecule has 0 unspecified atom stereocenters. The fourth-order valence-electron chi connectivity index (χ4n) is 1.20. The zero-order valence-corrected chi connectivity index (χ0v) is 9.30. The number of hydrogen-bond donors (Lipinski definition) is 0. The summed E-state index contributed by atoms with van der Waals surface area (Å²) in [6.07, 6.45) is 0. The lowest BCUT2D eigenvalue weighted by atomic mass is 10.1. The molecule has 4 nitrogen and oxygen atoms in total. The van der Waals surface area contributed by atoms with Crippen LogP contribution in [0.5, 0.6) is 0 Å². The SMILES string of the molecule is Cc1cc(Cl)c([N+](=O)[O-])c(C(=O)CCl)c1. The summed E-state index contributed by atoms with van der Waals surface area (Å²) in [5, 5.41) is 10.7. The van der Waals surface area contributed by atoms with E-state index in [-0.39, 0.29) is 22.2 Å². The maximum absolute atomic E-state index is 11.3. The van der Waals surface area contributed by atoms with E-state index in [4.69, 9.17) is 23.2 Å². The van der Waals surface area contributed by atoms with Crippen molar-refractivity contribution < 1.29 is 9.72 Å². The molecule has 0 spiro atoms. The highest BCUT2D eigenvalue weighted by Gasteiger charge is 2.23. The van der Waals surface area contributed by atoms with Crippen LogP contribution in [0, 0.1) is 17.0 Å². The number of carbonyl (C=O) groups excluding carboxylic acids is 1. The van der Waals surface area contributed by atoms with Gasteiger partial charge in [-0.05, 0) is 24.6 Å². The van der Waals surface area contributed by atoms with Crippen molar-refractivity contribution in [2.45, 2.75) is 6.92 Å². The molecule has 0 radical (unpaired) electrons. The predicted octanol–water partition coefficient (Wildman–Crippen LogP) is 2.98. The summed E-state index contributed by atoms with van der Waals surface area (Å²) < 4.78 is 0. The molecule has 6 heteroatoms. The maximum Gasteiger partial charge on any atom is 0.298 e. The Balaban J connectivity index is 3.46. The van der Waals surface area contributed by atoms with Crippen LogP contribution in [0.15, 0.2) is 12.1 Å². The zero-order chi connectivity index (χ0) is 11.6. The number of benzene rings is 1.